The fourth-order valence-electron chi connectivity index (χ4n) is 8.25. The Morgan fingerprint density at radius 1 is 0.774 bits per heavy atom. The van der Waals surface area contributed by atoms with Crippen molar-refractivity contribution in [1.29, 1.82) is 0 Å². The van der Waals surface area contributed by atoms with Crippen molar-refractivity contribution in [2.45, 2.75) is 64.2 Å². The molecule has 0 heterocycles. The average Bonchev–Trinajstić information content (AvgIpc) is 2.83. The van der Waals surface area contributed by atoms with Crippen molar-refractivity contribution in [3.8, 4) is 0 Å². The minimum absolute atomic E-state index is 0.0588. The zero-order valence-electron chi connectivity index (χ0n) is 18.6. The standard InChI is InChI=1S/C29H35NO/c30-28(31)29(18-6-12-24-22-10-4-2-8-20(22)15-17-27(24)29)26-13-5-11-23-21-9-3-1-7-19(21)14-16-25(23)26/h1-2,7-8,14-17,21-24,26H,3-6,9-13,18H2,(H2,30,31). The number of nitrogens with two attached hydrogens (primary N) is 1. The number of hydrogen-bond acceptors (Lipinski definition) is 1. The summed E-state index contributed by atoms with van der Waals surface area (Å²) in [6.45, 7) is 0. The molecule has 0 aromatic carbocycles. The van der Waals surface area contributed by atoms with Crippen LogP contribution in [-0.2, 0) is 4.79 Å². The Kier molecular flexibility index (Phi) is 4.74. The minimum Gasteiger partial charge on any atom is -0.369 e. The van der Waals surface area contributed by atoms with Crippen LogP contribution in [0.15, 0.2) is 70.9 Å². The molecule has 0 aliphatic heterocycles. The summed E-state index contributed by atoms with van der Waals surface area (Å²) in [6, 6.07) is 0. The number of fused-ring (bicyclic) bond motifs is 6. The summed E-state index contributed by atoms with van der Waals surface area (Å²) >= 11 is 0. The molecular formula is C29H35NO. The highest BCUT2D eigenvalue weighted by Crippen LogP contribution is 2.61. The molecule has 0 aromatic rings. The molecule has 6 aliphatic rings. The first-order valence-corrected chi connectivity index (χ1v) is 12.7. The number of carbonyl (C=O) groups excluding carboxylic acids is 1. The van der Waals surface area contributed by atoms with Gasteiger partial charge in [-0.2, -0.15) is 0 Å². The molecule has 6 atom stereocenters. The summed E-state index contributed by atoms with van der Waals surface area (Å²) < 4.78 is 0. The topological polar surface area (TPSA) is 43.1 Å². The molecule has 0 radical (unpaired) electrons. The van der Waals surface area contributed by atoms with Crippen LogP contribution >= 0.6 is 0 Å². The van der Waals surface area contributed by atoms with E-state index >= 15 is 0 Å². The van der Waals surface area contributed by atoms with Gasteiger partial charge in [-0.15, -0.1) is 0 Å². The van der Waals surface area contributed by atoms with Crippen molar-refractivity contribution >= 4 is 5.91 Å². The van der Waals surface area contributed by atoms with Gasteiger partial charge < -0.3 is 5.73 Å². The van der Waals surface area contributed by atoms with Gasteiger partial charge in [0.2, 0.25) is 5.91 Å². The highest BCUT2D eigenvalue weighted by Gasteiger charge is 2.55. The van der Waals surface area contributed by atoms with Crippen LogP contribution in [0.3, 0.4) is 0 Å². The SMILES string of the molecule is NC(=O)C1(C2CCCC3C2=CC=C2C=CCCC23)CCCC2C1=CC=C1C=CCCC12. The molecule has 2 N–H and O–H groups in total. The van der Waals surface area contributed by atoms with Crippen LogP contribution in [0.2, 0.25) is 0 Å². The molecule has 2 saturated carbocycles. The molecule has 31 heavy (non-hydrogen) atoms. The molecule has 6 unspecified atom stereocenters. The first kappa shape index (κ1) is 19.6. The van der Waals surface area contributed by atoms with Gasteiger partial charge in [0.15, 0.2) is 0 Å². The molecule has 162 valence electrons. The van der Waals surface area contributed by atoms with Crippen LogP contribution < -0.4 is 5.73 Å². The zero-order chi connectivity index (χ0) is 21.0. The largest absolute Gasteiger partial charge is 0.369 e. The summed E-state index contributed by atoms with van der Waals surface area (Å²) in [5.74, 6) is 2.56. The fraction of sp³-hybridized carbons (Fsp3) is 0.552. The van der Waals surface area contributed by atoms with Crippen molar-refractivity contribution in [2.24, 2.45) is 40.7 Å². The molecule has 0 spiro atoms. The van der Waals surface area contributed by atoms with Crippen molar-refractivity contribution in [3.05, 3.63) is 70.9 Å². The van der Waals surface area contributed by atoms with E-state index in [0.717, 1.165) is 25.7 Å². The zero-order valence-corrected chi connectivity index (χ0v) is 18.6. The molecule has 1 amide bonds. The normalized spacial score (nSPS) is 40.8. The summed E-state index contributed by atoms with van der Waals surface area (Å²) in [5, 5.41) is 0. The lowest BCUT2D eigenvalue weighted by atomic mass is 9.49. The van der Waals surface area contributed by atoms with Gasteiger partial charge in [-0.1, -0.05) is 72.6 Å². The van der Waals surface area contributed by atoms with Gasteiger partial charge in [-0.05, 0) is 92.1 Å². The van der Waals surface area contributed by atoms with E-state index in [9.17, 15) is 4.79 Å². The van der Waals surface area contributed by atoms with Gasteiger partial charge in [-0.25, -0.2) is 0 Å². The number of carbonyl (C=O) groups is 1. The molecular weight excluding hydrogens is 378 g/mol. The van der Waals surface area contributed by atoms with E-state index in [4.69, 9.17) is 5.73 Å². The van der Waals surface area contributed by atoms with Gasteiger partial charge in [0.05, 0.1) is 5.41 Å². The summed E-state index contributed by atoms with van der Waals surface area (Å²) in [4.78, 5) is 13.4. The van der Waals surface area contributed by atoms with Gasteiger partial charge in [-0.3, -0.25) is 4.79 Å². The maximum atomic E-state index is 13.4. The van der Waals surface area contributed by atoms with Crippen LogP contribution in [0.25, 0.3) is 0 Å². The van der Waals surface area contributed by atoms with Crippen molar-refractivity contribution in [1.82, 2.24) is 0 Å². The smallest absolute Gasteiger partial charge is 0.228 e. The summed E-state index contributed by atoms with van der Waals surface area (Å²) in [6.07, 6.45) is 30.4. The van der Waals surface area contributed by atoms with Crippen molar-refractivity contribution in [3.63, 3.8) is 0 Å². The number of hydrogen-bond donors (Lipinski definition) is 1. The molecule has 0 saturated heterocycles. The summed E-state index contributed by atoms with van der Waals surface area (Å²) in [5.41, 5.74) is 11.8. The highest BCUT2D eigenvalue weighted by atomic mass is 16.1. The quantitative estimate of drug-likeness (QED) is 0.564. The van der Waals surface area contributed by atoms with Crippen molar-refractivity contribution in [2.75, 3.05) is 0 Å². The van der Waals surface area contributed by atoms with E-state index in [1.165, 1.54) is 55.2 Å². The number of rotatable bonds is 2. The second-order valence-corrected chi connectivity index (χ2v) is 10.7. The highest BCUT2D eigenvalue weighted by molar-refractivity contribution is 5.86. The van der Waals surface area contributed by atoms with Crippen LogP contribution in [0.1, 0.15) is 64.2 Å². The number of amides is 1. The van der Waals surface area contributed by atoms with Gasteiger partial charge in [0, 0.05) is 0 Å². The molecule has 2 nitrogen and oxygen atoms in total. The van der Waals surface area contributed by atoms with Crippen LogP contribution in [0.4, 0.5) is 0 Å². The van der Waals surface area contributed by atoms with Crippen LogP contribution in [0, 0.1) is 35.0 Å². The van der Waals surface area contributed by atoms with E-state index in [2.05, 4.69) is 48.6 Å². The predicted molar refractivity (Wildman–Crippen MR) is 126 cm³/mol. The first-order chi connectivity index (χ1) is 15.2. The molecule has 2 fully saturated rings. The minimum atomic E-state index is -0.480. The maximum absolute atomic E-state index is 13.4. The number of primary amides is 1. The van der Waals surface area contributed by atoms with Gasteiger partial charge in [0.1, 0.15) is 0 Å². The van der Waals surface area contributed by atoms with Crippen LogP contribution in [0.5, 0.6) is 0 Å². The van der Waals surface area contributed by atoms with E-state index in [-0.39, 0.29) is 11.8 Å². The maximum Gasteiger partial charge on any atom is 0.228 e. The van der Waals surface area contributed by atoms with Gasteiger partial charge >= 0.3 is 0 Å². The Labute approximate surface area is 186 Å². The molecule has 0 aromatic heterocycles. The van der Waals surface area contributed by atoms with E-state index in [1.54, 1.807) is 5.57 Å². The third-order valence-electron chi connectivity index (χ3n) is 9.53. The Hall–Kier alpha value is -2.09. The second-order valence-electron chi connectivity index (χ2n) is 10.7. The fourth-order valence-corrected chi connectivity index (χ4v) is 8.25. The molecule has 2 heteroatoms. The lowest BCUT2D eigenvalue weighted by molar-refractivity contribution is -0.130. The molecule has 0 bridgehead atoms. The molecule has 6 aliphatic carbocycles. The third kappa shape index (κ3) is 2.86. The van der Waals surface area contributed by atoms with Crippen LogP contribution in [-0.4, -0.2) is 5.91 Å². The molecule has 6 rings (SSSR count). The second kappa shape index (κ2) is 7.50. The van der Waals surface area contributed by atoms with E-state index in [0.29, 0.717) is 23.7 Å². The lowest BCUT2D eigenvalue weighted by Gasteiger charge is -2.53. The van der Waals surface area contributed by atoms with E-state index in [1.807, 2.05) is 0 Å². The first-order valence-electron chi connectivity index (χ1n) is 12.7. The third-order valence-corrected chi connectivity index (χ3v) is 9.53. The monoisotopic (exact) mass is 413 g/mol. The Bertz CT molecular complexity index is 973. The Balaban J connectivity index is 1.46. The van der Waals surface area contributed by atoms with Gasteiger partial charge in [0.25, 0.3) is 0 Å². The summed E-state index contributed by atoms with van der Waals surface area (Å²) in [7, 11) is 0. The average molecular weight is 414 g/mol. The predicted octanol–water partition coefficient (Wildman–Crippen LogP) is 6.34. The Morgan fingerprint density at radius 3 is 2.19 bits per heavy atom. The number of allylic oxidation sites excluding steroid dienone is 11. The van der Waals surface area contributed by atoms with Crippen molar-refractivity contribution < 1.29 is 4.79 Å². The Morgan fingerprint density at radius 2 is 1.45 bits per heavy atom. The lowest BCUT2D eigenvalue weighted by Crippen LogP contribution is -2.52. The van der Waals surface area contributed by atoms with E-state index < -0.39 is 5.41 Å².